The number of fused-ring (bicyclic) bond motifs is 1. The summed E-state index contributed by atoms with van der Waals surface area (Å²) in [6, 6.07) is 16.4. The minimum absolute atomic E-state index is 0.150. The van der Waals surface area contributed by atoms with Crippen molar-refractivity contribution < 1.29 is 9.53 Å². The summed E-state index contributed by atoms with van der Waals surface area (Å²) in [5, 5.41) is 0.819. The molecule has 2 heterocycles. The molecule has 158 valence electrons. The Morgan fingerprint density at radius 2 is 1.93 bits per heavy atom. The summed E-state index contributed by atoms with van der Waals surface area (Å²) in [7, 11) is 0. The van der Waals surface area contributed by atoms with E-state index in [0.717, 1.165) is 66.6 Å². The van der Waals surface area contributed by atoms with Crippen LogP contribution in [0.15, 0.2) is 48.5 Å². The van der Waals surface area contributed by atoms with E-state index in [-0.39, 0.29) is 5.91 Å². The minimum Gasteiger partial charge on any atom is -0.379 e. The number of hydrogen-bond acceptors (Lipinski definition) is 5. The van der Waals surface area contributed by atoms with Gasteiger partial charge in [-0.1, -0.05) is 53.8 Å². The van der Waals surface area contributed by atoms with Crippen molar-refractivity contribution >= 4 is 32.6 Å². The second-order valence-electron chi connectivity index (χ2n) is 7.76. The molecule has 1 aliphatic rings. The van der Waals surface area contributed by atoms with Crippen molar-refractivity contribution in [2.24, 2.45) is 0 Å². The number of ether oxygens (including phenoxy) is 1. The Bertz CT molecular complexity index is 967. The fourth-order valence-electron chi connectivity index (χ4n) is 3.83. The molecule has 1 aliphatic heterocycles. The molecule has 1 aromatic heterocycles. The average Bonchev–Trinajstić information content (AvgIpc) is 3.22. The lowest BCUT2D eigenvalue weighted by Gasteiger charge is -2.27. The van der Waals surface area contributed by atoms with Gasteiger partial charge in [-0.25, -0.2) is 4.98 Å². The molecule has 0 spiro atoms. The molecule has 3 aromatic rings. The highest BCUT2D eigenvalue weighted by atomic mass is 32.1. The number of nitrogens with zero attached hydrogens (tertiary/aromatic N) is 3. The molecular weight excluding hydrogens is 394 g/mol. The van der Waals surface area contributed by atoms with E-state index in [1.807, 2.05) is 23.1 Å². The van der Waals surface area contributed by atoms with Crippen LogP contribution in [0.3, 0.4) is 0 Å². The van der Waals surface area contributed by atoms with E-state index >= 15 is 0 Å². The van der Waals surface area contributed by atoms with Crippen LogP contribution in [0.2, 0.25) is 0 Å². The van der Waals surface area contributed by atoms with Gasteiger partial charge in [0.1, 0.15) is 0 Å². The number of thiazole rings is 1. The van der Waals surface area contributed by atoms with E-state index < -0.39 is 0 Å². The third-order valence-corrected chi connectivity index (χ3v) is 6.62. The van der Waals surface area contributed by atoms with Gasteiger partial charge in [0, 0.05) is 32.6 Å². The number of benzene rings is 2. The number of rotatable bonds is 8. The van der Waals surface area contributed by atoms with E-state index in [1.165, 1.54) is 5.56 Å². The first-order valence-corrected chi connectivity index (χ1v) is 11.5. The van der Waals surface area contributed by atoms with Crippen molar-refractivity contribution in [2.45, 2.75) is 26.2 Å². The summed E-state index contributed by atoms with van der Waals surface area (Å²) < 4.78 is 6.58. The fraction of sp³-hybridized carbons (Fsp3) is 0.417. The van der Waals surface area contributed by atoms with Gasteiger partial charge >= 0.3 is 0 Å². The van der Waals surface area contributed by atoms with Crippen molar-refractivity contribution in [3.8, 4) is 0 Å². The first-order chi connectivity index (χ1) is 14.7. The molecule has 0 saturated carbocycles. The number of amides is 1. The Balaban J connectivity index is 1.47. The Morgan fingerprint density at radius 3 is 2.70 bits per heavy atom. The Kier molecular flexibility index (Phi) is 7.10. The first kappa shape index (κ1) is 21.0. The molecule has 0 N–H and O–H groups in total. The molecular formula is C24H29N3O2S. The van der Waals surface area contributed by atoms with E-state index in [1.54, 1.807) is 11.3 Å². The van der Waals surface area contributed by atoms with Gasteiger partial charge in [0.15, 0.2) is 5.13 Å². The molecule has 30 heavy (non-hydrogen) atoms. The molecule has 0 radical (unpaired) electrons. The number of hydrogen-bond donors (Lipinski definition) is 0. The number of para-hydroxylation sites is 1. The summed E-state index contributed by atoms with van der Waals surface area (Å²) in [6.45, 7) is 7.31. The molecule has 5 nitrogen and oxygen atoms in total. The summed E-state index contributed by atoms with van der Waals surface area (Å²) >= 11 is 1.62. The number of carbonyl (C=O) groups is 1. The lowest BCUT2D eigenvalue weighted by atomic mass is 10.1. The van der Waals surface area contributed by atoms with Gasteiger partial charge in [0.25, 0.3) is 0 Å². The summed E-state index contributed by atoms with van der Waals surface area (Å²) in [6.07, 6.45) is 2.19. The van der Waals surface area contributed by atoms with Crippen LogP contribution in [0.1, 0.15) is 24.0 Å². The highest BCUT2D eigenvalue weighted by Crippen LogP contribution is 2.31. The Hall–Kier alpha value is -2.28. The largest absolute Gasteiger partial charge is 0.379 e. The van der Waals surface area contributed by atoms with Crippen molar-refractivity contribution in [1.29, 1.82) is 0 Å². The number of aryl methyl sites for hydroxylation is 2. The molecule has 0 unspecified atom stereocenters. The minimum atomic E-state index is 0.150. The molecule has 0 atom stereocenters. The average molecular weight is 424 g/mol. The van der Waals surface area contributed by atoms with E-state index in [4.69, 9.17) is 9.72 Å². The van der Waals surface area contributed by atoms with Crippen LogP contribution in [-0.2, 0) is 16.0 Å². The number of aromatic nitrogens is 1. The number of anilines is 1. The Labute approximate surface area is 182 Å². The molecule has 6 heteroatoms. The summed E-state index contributed by atoms with van der Waals surface area (Å²) in [5.41, 5.74) is 3.35. The molecule has 1 saturated heterocycles. The third kappa shape index (κ3) is 5.25. The summed E-state index contributed by atoms with van der Waals surface area (Å²) in [4.78, 5) is 22.4. The monoisotopic (exact) mass is 423 g/mol. The zero-order chi connectivity index (χ0) is 20.8. The lowest BCUT2D eigenvalue weighted by molar-refractivity contribution is -0.118. The number of carbonyl (C=O) groups excluding carboxylic acids is 1. The van der Waals surface area contributed by atoms with Crippen LogP contribution in [0.25, 0.3) is 10.2 Å². The highest BCUT2D eigenvalue weighted by molar-refractivity contribution is 7.22. The molecule has 0 bridgehead atoms. The fourth-order valence-corrected chi connectivity index (χ4v) is 4.91. The van der Waals surface area contributed by atoms with Crippen molar-refractivity contribution in [3.63, 3.8) is 0 Å². The molecule has 1 fully saturated rings. The smallest absolute Gasteiger partial charge is 0.229 e. The second kappa shape index (κ2) is 10.2. The van der Waals surface area contributed by atoms with Gasteiger partial charge in [0.2, 0.25) is 5.91 Å². The van der Waals surface area contributed by atoms with Crippen molar-refractivity contribution in [3.05, 3.63) is 59.7 Å². The quantitative estimate of drug-likeness (QED) is 0.542. The molecule has 0 aliphatic carbocycles. The maximum absolute atomic E-state index is 13.2. The van der Waals surface area contributed by atoms with Gasteiger partial charge in [-0.2, -0.15) is 0 Å². The van der Waals surface area contributed by atoms with Gasteiger partial charge in [-0.15, -0.1) is 0 Å². The SMILES string of the molecule is Cc1cccc2sc(N(CCCN3CCOCC3)C(=O)CCc3ccccc3)nc12. The van der Waals surface area contributed by atoms with Crippen LogP contribution in [0.5, 0.6) is 0 Å². The van der Waals surface area contributed by atoms with Crippen molar-refractivity contribution in [2.75, 3.05) is 44.3 Å². The molecule has 2 aromatic carbocycles. The van der Waals surface area contributed by atoms with Gasteiger partial charge in [-0.3, -0.25) is 14.6 Å². The second-order valence-corrected chi connectivity index (χ2v) is 8.77. The van der Waals surface area contributed by atoms with Crippen LogP contribution < -0.4 is 4.90 Å². The van der Waals surface area contributed by atoms with Crippen molar-refractivity contribution in [1.82, 2.24) is 9.88 Å². The predicted molar refractivity (Wildman–Crippen MR) is 123 cm³/mol. The van der Waals surface area contributed by atoms with E-state index in [9.17, 15) is 4.79 Å². The Morgan fingerprint density at radius 1 is 1.13 bits per heavy atom. The van der Waals surface area contributed by atoms with Crippen LogP contribution in [0, 0.1) is 6.92 Å². The first-order valence-electron chi connectivity index (χ1n) is 10.7. The zero-order valence-corrected chi connectivity index (χ0v) is 18.4. The standard InChI is InChI=1S/C24H29N3O2S/c1-19-7-5-10-21-23(19)25-24(30-21)27(14-6-13-26-15-17-29-18-16-26)22(28)12-11-20-8-3-2-4-9-20/h2-5,7-10H,6,11-18H2,1H3. The molecule has 4 rings (SSSR count). The van der Waals surface area contributed by atoms with Gasteiger partial charge in [-0.05, 0) is 37.0 Å². The van der Waals surface area contributed by atoms with Crippen LogP contribution in [-0.4, -0.2) is 55.2 Å². The topological polar surface area (TPSA) is 45.7 Å². The van der Waals surface area contributed by atoms with Gasteiger partial charge < -0.3 is 4.74 Å². The van der Waals surface area contributed by atoms with Crippen LogP contribution >= 0.6 is 11.3 Å². The maximum atomic E-state index is 13.2. The number of morpholine rings is 1. The van der Waals surface area contributed by atoms with Crippen LogP contribution in [0.4, 0.5) is 5.13 Å². The highest BCUT2D eigenvalue weighted by Gasteiger charge is 2.20. The normalized spacial score (nSPS) is 14.8. The van der Waals surface area contributed by atoms with Gasteiger partial charge in [0.05, 0.1) is 23.4 Å². The lowest BCUT2D eigenvalue weighted by Crippen LogP contribution is -2.39. The maximum Gasteiger partial charge on any atom is 0.229 e. The predicted octanol–water partition coefficient (Wildman–Crippen LogP) is 4.29. The summed E-state index contributed by atoms with van der Waals surface area (Å²) in [5.74, 6) is 0.150. The zero-order valence-electron chi connectivity index (χ0n) is 17.5. The third-order valence-electron chi connectivity index (χ3n) is 5.57. The van der Waals surface area contributed by atoms with E-state index in [2.05, 4.69) is 42.2 Å². The molecule has 1 amide bonds. The van der Waals surface area contributed by atoms with E-state index in [0.29, 0.717) is 13.0 Å².